The maximum atomic E-state index is 12.8. The van der Waals surface area contributed by atoms with Crippen molar-refractivity contribution in [1.82, 2.24) is 0 Å². The molecule has 1 amide bonds. The topological polar surface area (TPSA) is 20.3 Å². The average Bonchev–Trinajstić information content (AvgIpc) is 2.48. The van der Waals surface area contributed by atoms with Gasteiger partial charge in [-0.3, -0.25) is 4.79 Å². The summed E-state index contributed by atoms with van der Waals surface area (Å²) >= 11 is 7.46. The van der Waals surface area contributed by atoms with Crippen LogP contribution < -0.4 is 4.90 Å². The van der Waals surface area contributed by atoms with Gasteiger partial charge in [0, 0.05) is 25.2 Å². The van der Waals surface area contributed by atoms with Gasteiger partial charge in [-0.2, -0.15) is 0 Å². The first-order valence-corrected chi connectivity index (χ1v) is 9.01. The van der Waals surface area contributed by atoms with E-state index in [1.165, 1.54) is 4.90 Å². The summed E-state index contributed by atoms with van der Waals surface area (Å²) in [7, 11) is 0. The number of thioether (sulfide) groups is 1. The molecule has 0 saturated carbocycles. The molecular formula is C15H11BrINOS. The van der Waals surface area contributed by atoms with Gasteiger partial charge in [0.15, 0.2) is 0 Å². The Bertz CT molecular complexity index is 677. The number of carbonyl (C=O) groups is 1. The monoisotopic (exact) mass is 459 g/mol. The maximum absolute atomic E-state index is 12.8. The number of carbonyl (C=O) groups excluding carboxylic acids is 1. The zero-order chi connectivity index (χ0) is 14.1. The molecule has 0 fully saturated rings. The van der Waals surface area contributed by atoms with Crippen molar-refractivity contribution >= 4 is 61.9 Å². The standard InChI is InChI=1S/C15H11BrINOS/c16-10-5-6-12(17)11(9-10)15(19)18-7-8-20-14-4-2-1-3-13(14)18/h1-6,9H,7-8H2. The van der Waals surface area contributed by atoms with E-state index < -0.39 is 0 Å². The molecule has 3 rings (SSSR count). The summed E-state index contributed by atoms with van der Waals surface area (Å²) in [5.41, 5.74) is 1.77. The number of nitrogens with zero attached hydrogens (tertiary/aromatic N) is 1. The van der Waals surface area contributed by atoms with E-state index in [-0.39, 0.29) is 5.91 Å². The molecule has 2 aromatic carbocycles. The molecule has 102 valence electrons. The van der Waals surface area contributed by atoms with Crippen LogP contribution in [0.1, 0.15) is 10.4 Å². The van der Waals surface area contributed by atoms with Crippen LogP contribution in [0.15, 0.2) is 51.8 Å². The van der Waals surface area contributed by atoms with Crippen LogP contribution in [0, 0.1) is 3.57 Å². The smallest absolute Gasteiger partial charge is 0.259 e. The van der Waals surface area contributed by atoms with Crippen LogP contribution in [0.4, 0.5) is 5.69 Å². The highest BCUT2D eigenvalue weighted by molar-refractivity contribution is 14.1. The normalized spacial score (nSPS) is 14.0. The van der Waals surface area contributed by atoms with Crippen LogP contribution in [-0.4, -0.2) is 18.2 Å². The van der Waals surface area contributed by atoms with Crippen LogP contribution in [0.5, 0.6) is 0 Å². The Kier molecular flexibility index (Phi) is 4.37. The minimum absolute atomic E-state index is 0.0726. The quantitative estimate of drug-likeness (QED) is 0.570. The van der Waals surface area contributed by atoms with Crippen molar-refractivity contribution in [2.75, 3.05) is 17.2 Å². The summed E-state index contributed by atoms with van der Waals surface area (Å²) in [6.07, 6.45) is 0. The number of hydrogen-bond acceptors (Lipinski definition) is 2. The molecule has 0 atom stereocenters. The number of amides is 1. The Morgan fingerprint density at radius 3 is 2.90 bits per heavy atom. The van der Waals surface area contributed by atoms with Crippen LogP contribution in [0.25, 0.3) is 0 Å². The highest BCUT2D eigenvalue weighted by Crippen LogP contribution is 2.35. The molecule has 0 N–H and O–H groups in total. The fraction of sp³-hybridized carbons (Fsp3) is 0.133. The third kappa shape index (κ3) is 2.76. The first-order valence-electron chi connectivity index (χ1n) is 6.15. The van der Waals surface area contributed by atoms with Crippen LogP contribution >= 0.6 is 50.3 Å². The van der Waals surface area contributed by atoms with E-state index in [1.54, 1.807) is 0 Å². The lowest BCUT2D eigenvalue weighted by atomic mass is 10.1. The summed E-state index contributed by atoms with van der Waals surface area (Å²) in [4.78, 5) is 15.9. The van der Waals surface area contributed by atoms with Crippen LogP contribution in [-0.2, 0) is 0 Å². The Hall–Kier alpha value is -0.530. The Labute approximate surface area is 144 Å². The number of rotatable bonds is 1. The fourth-order valence-electron chi connectivity index (χ4n) is 2.19. The molecule has 2 aromatic rings. The fourth-order valence-corrected chi connectivity index (χ4v) is 4.11. The van der Waals surface area contributed by atoms with Crippen molar-refractivity contribution in [1.29, 1.82) is 0 Å². The summed E-state index contributed by atoms with van der Waals surface area (Å²) in [6.45, 7) is 0.753. The SMILES string of the molecule is O=C(c1cc(Br)ccc1I)N1CCSc2ccccc21. The van der Waals surface area contributed by atoms with Gasteiger partial charge in [0.1, 0.15) is 0 Å². The summed E-state index contributed by atoms with van der Waals surface area (Å²) in [5.74, 6) is 1.01. The van der Waals surface area contributed by atoms with Gasteiger partial charge in [-0.05, 0) is 52.9 Å². The van der Waals surface area contributed by atoms with Crippen molar-refractivity contribution < 1.29 is 4.79 Å². The molecule has 1 aliphatic rings. The van der Waals surface area contributed by atoms with E-state index in [4.69, 9.17) is 0 Å². The lowest BCUT2D eigenvalue weighted by Gasteiger charge is -2.29. The Balaban J connectivity index is 2.02. The molecule has 0 radical (unpaired) electrons. The van der Waals surface area contributed by atoms with Gasteiger partial charge in [0.05, 0.1) is 11.3 Å². The summed E-state index contributed by atoms with van der Waals surface area (Å²) in [5, 5.41) is 0. The van der Waals surface area contributed by atoms with Crippen LogP contribution in [0.3, 0.4) is 0 Å². The number of benzene rings is 2. The summed E-state index contributed by atoms with van der Waals surface area (Å²) < 4.78 is 1.91. The first kappa shape index (κ1) is 14.4. The van der Waals surface area contributed by atoms with Crippen molar-refractivity contribution in [3.63, 3.8) is 0 Å². The second-order valence-electron chi connectivity index (χ2n) is 4.40. The molecule has 0 unspecified atom stereocenters. The molecular weight excluding hydrogens is 449 g/mol. The molecule has 5 heteroatoms. The van der Waals surface area contributed by atoms with Gasteiger partial charge in [-0.15, -0.1) is 11.8 Å². The van der Waals surface area contributed by atoms with E-state index in [0.717, 1.165) is 31.6 Å². The number of para-hydroxylation sites is 1. The Morgan fingerprint density at radius 2 is 2.05 bits per heavy atom. The van der Waals surface area contributed by atoms with E-state index in [0.29, 0.717) is 0 Å². The predicted molar refractivity (Wildman–Crippen MR) is 95.7 cm³/mol. The van der Waals surface area contributed by atoms with E-state index >= 15 is 0 Å². The van der Waals surface area contributed by atoms with Gasteiger partial charge >= 0.3 is 0 Å². The molecule has 0 aromatic heterocycles. The maximum Gasteiger partial charge on any atom is 0.259 e. The van der Waals surface area contributed by atoms with E-state index in [2.05, 4.69) is 44.6 Å². The third-order valence-corrected chi connectivity index (χ3v) is 5.61. The molecule has 2 nitrogen and oxygen atoms in total. The van der Waals surface area contributed by atoms with Gasteiger partial charge < -0.3 is 4.90 Å². The van der Waals surface area contributed by atoms with Crippen molar-refractivity contribution in [2.24, 2.45) is 0 Å². The molecule has 20 heavy (non-hydrogen) atoms. The lowest BCUT2D eigenvalue weighted by Crippen LogP contribution is -2.35. The summed E-state index contributed by atoms with van der Waals surface area (Å²) in [6, 6.07) is 13.9. The van der Waals surface area contributed by atoms with E-state index in [1.807, 2.05) is 53.1 Å². The zero-order valence-corrected chi connectivity index (χ0v) is 15.0. The largest absolute Gasteiger partial charge is 0.306 e. The zero-order valence-electron chi connectivity index (χ0n) is 10.5. The predicted octanol–water partition coefficient (Wildman–Crippen LogP) is 4.81. The molecule has 0 saturated heterocycles. The molecule has 0 spiro atoms. The molecule has 0 bridgehead atoms. The number of hydrogen-bond donors (Lipinski definition) is 0. The molecule has 1 aliphatic heterocycles. The second kappa shape index (κ2) is 6.07. The van der Waals surface area contributed by atoms with Gasteiger partial charge in [0.25, 0.3) is 5.91 Å². The number of anilines is 1. The highest BCUT2D eigenvalue weighted by Gasteiger charge is 2.25. The van der Waals surface area contributed by atoms with Gasteiger partial charge in [-0.25, -0.2) is 0 Å². The molecule has 0 aliphatic carbocycles. The second-order valence-corrected chi connectivity index (χ2v) is 7.61. The average molecular weight is 460 g/mol. The van der Waals surface area contributed by atoms with Crippen LogP contribution in [0.2, 0.25) is 0 Å². The molecule has 1 heterocycles. The van der Waals surface area contributed by atoms with Crippen molar-refractivity contribution in [3.05, 3.63) is 56.1 Å². The van der Waals surface area contributed by atoms with Crippen molar-refractivity contribution in [2.45, 2.75) is 4.90 Å². The van der Waals surface area contributed by atoms with Gasteiger partial charge in [0.2, 0.25) is 0 Å². The minimum atomic E-state index is 0.0726. The lowest BCUT2D eigenvalue weighted by molar-refractivity contribution is 0.0987. The minimum Gasteiger partial charge on any atom is -0.306 e. The van der Waals surface area contributed by atoms with E-state index in [9.17, 15) is 4.79 Å². The highest BCUT2D eigenvalue weighted by atomic mass is 127. The van der Waals surface area contributed by atoms with Gasteiger partial charge in [-0.1, -0.05) is 28.1 Å². The number of fused-ring (bicyclic) bond motifs is 1. The third-order valence-electron chi connectivity index (χ3n) is 3.13. The first-order chi connectivity index (χ1) is 9.66. The van der Waals surface area contributed by atoms with Crippen molar-refractivity contribution in [3.8, 4) is 0 Å². The Morgan fingerprint density at radius 1 is 1.25 bits per heavy atom. The number of halogens is 2.